The van der Waals surface area contributed by atoms with E-state index in [9.17, 15) is 61.0 Å². The minimum Gasteiger partial charge on any atom is -0.394 e. The van der Waals surface area contributed by atoms with E-state index in [2.05, 4.69) is 67.8 Å². The second-order valence-electron chi connectivity index (χ2n) is 25.3. The van der Waals surface area contributed by atoms with Gasteiger partial charge < -0.3 is 89.9 Å². The molecule has 3 aliphatic heterocycles. The van der Waals surface area contributed by atoms with E-state index in [-0.39, 0.29) is 18.9 Å². The molecule has 0 aromatic heterocycles. The number of aliphatic hydroxyl groups is 11. The molecule has 17 unspecified atom stereocenters. The van der Waals surface area contributed by atoms with E-state index in [0.717, 1.165) is 57.8 Å². The Morgan fingerprint density at radius 2 is 0.756 bits per heavy atom. The molecule has 0 aromatic carbocycles. The lowest BCUT2D eigenvalue weighted by atomic mass is 9.96. The van der Waals surface area contributed by atoms with Crippen LogP contribution in [0, 0.1) is 0 Å². The molecule has 3 saturated heterocycles. The standard InChI is InChI=1S/C71H127NO18/c1-3-5-7-9-11-13-14-15-16-17-18-19-20-21-22-23-24-25-26-27-28-29-30-31-32-33-34-35-36-37-38-39-40-41-43-45-47-49-59(77)72-54(55(76)48-46-44-42-12-10-8-6-4-2)53-85-69-65(83)62(80)67(57(51-74)87-69)90-71-66(84)63(81)68(58(52-75)88-71)89-70-64(82)61(79)60(78)56(50-73)86-70/h10,12,14-15,17-18,20-21,46,48,54-58,60-71,73-76,78-84H,3-9,11,13,16,19,22-45,47,49-53H2,1-2H3,(H,72,77)/b12-10+,15-14-,18-17-,21-20-,48-46+. The molecule has 90 heavy (non-hydrogen) atoms. The third-order valence-electron chi connectivity index (χ3n) is 17.5. The van der Waals surface area contributed by atoms with Crippen molar-refractivity contribution in [2.75, 3.05) is 26.4 Å². The molecule has 0 saturated carbocycles. The van der Waals surface area contributed by atoms with Crippen molar-refractivity contribution in [2.24, 2.45) is 0 Å². The Kier molecular flexibility index (Phi) is 47.9. The quantitative estimate of drug-likeness (QED) is 0.0199. The number of rotatable bonds is 54. The molecule has 0 radical (unpaired) electrons. The predicted octanol–water partition coefficient (Wildman–Crippen LogP) is 9.55. The van der Waals surface area contributed by atoms with Crippen molar-refractivity contribution in [1.29, 1.82) is 0 Å². The maximum atomic E-state index is 13.3. The Hall–Kier alpha value is -2.51. The van der Waals surface area contributed by atoms with Crippen LogP contribution in [0.3, 0.4) is 0 Å². The van der Waals surface area contributed by atoms with Gasteiger partial charge in [0, 0.05) is 6.42 Å². The highest BCUT2D eigenvalue weighted by atomic mass is 16.8. The molecule has 524 valence electrons. The number of nitrogens with one attached hydrogen (secondary N) is 1. The monoisotopic (exact) mass is 1280 g/mol. The van der Waals surface area contributed by atoms with Gasteiger partial charge in [0.15, 0.2) is 18.9 Å². The summed E-state index contributed by atoms with van der Waals surface area (Å²) in [6.07, 6.45) is 38.5. The van der Waals surface area contributed by atoms with Crippen molar-refractivity contribution in [3.8, 4) is 0 Å². The van der Waals surface area contributed by atoms with E-state index >= 15 is 0 Å². The summed E-state index contributed by atoms with van der Waals surface area (Å²) in [6.45, 7) is 1.61. The molecule has 19 nitrogen and oxygen atoms in total. The molecular weight excluding hydrogens is 1150 g/mol. The second kappa shape index (κ2) is 52.7. The summed E-state index contributed by atoms with van der Waals surface area (Å²) >= 11 is 0. The first-order valence-electron chi connectivity index (χ1n) is 35.5. The number of ether oxygens (including phenoxy) is 6. The number of aliphatic hydroxyl groups excluding tert-OH is 11. The number of carbonyl (C=O) groups is 1. The largest absolute Gasteiger partial charge is 0.394 e. The van der Waals surface area contributed by atoms with E-state index in [1.165, 1.54) is 161 Å². The van der Waals surface area contributed by atoms with Crippen molar-refractivity contribution >= 4 is 5.91 Å². The molecule has 3 fully saturated rings. The predicted molar refractivity (Wildman–Crippen MR) is 351 cm³/mol. The van der Waals surface area contributed by atoms with Gasteiger partial charge in [0.25, 0.3) is 0 Å². The van der Waals surface area contributed by atoms with E-state index in [4.69, 9.17) is 28.4 Å². The lowest BCUT2D eigenvalue weighted by Crippen LogP contribution is -2.66. The van der Waals surface area contributed by atoms with Crippen molar-refractivity contribution < 1.29 is 89.4 Å². The number of allylic oxidation sites excluding steroid dienone is 9. The average Bonchev–Trinajstić information content (AvgIpc) is 0.873. The number of amides is 1. The fraction of sp³-hybridized carbons (Fsp3) is 0.845. The lowest BCUT2D eigenvalue weighted by Gasteiger charge is -2.48. The Bertz CT molecular complexity index is 1870. The molecule has 0 bridgehead atoms. The van der Waals surface area contributed by atoms with E-state index in [1.54, 1.807) is 6.08 Å². The molecule has 0 spiro atoms. The smallest absolute Gasteiger partial charge is 0.220 e. The SMILES string of the molecule is CCCC/C=C/CC/C=C/C(O)C(COC1OC(CO)C(OC2OC(CO)C(OC3OC(CO)C(O)C(O)C3O)C(O)C2O)C(O)C1O)NC(=O)CCCCCCCCCCCCCCCCCCCCCCCC/C=C\C/C=C\C/C=C\CCCCCCC. The van der Waals surface area contributed by atoms with Crippen LogP contribution >= 0.6 is 0 Å². The van der Waals surface area contributed by atoms with Gasteiger partial charge in [-0.2, -0.15) is 0 Å². The molecule has 3 heterocycles. The Morgan fingerprint density at radius 1 is 0.400 bits per heavy atom. The first kappa shape index (κ1) is 81.7. The van der Waals surface area contributed by atoms with E-state index in [1.807, 2.05) is 6.08 Å². The van der Waals surface area contributed by atoms with Gasteiger partial charge >= 0.3 is 0 Å². The fourth-order valence-corrected chi connectivity index (χ4v) is 11.7. The Balaban J connectivity index is 1.27. The molecule has 0 aliphatic carbocycles. The van der Waals surface area contributed by atoms with E-state index in [0.29, 0.717) is 12.8 Å². The van der Waals surface area contributed by atoms with Crippen LogP contribution in [0.25, 0.3) is 0 Å². The van der Waals surface area contributed by atoms with Gasteiger partial charge in [-0.15, -0.1) is 0 Å². The number of hydrogen-bond acceptors (Lipinski definition) is 18. The third kappa shape index (κ3) is 34.2. The lowest BCUT2D eigenvalue weighted by molar-refractivity contribution is -0.379. The van der Waals surface area contributed by atoms with Crippen LogP contribution in [-0.4, -0.2) is 193 Å². The van der Waals surface area contributed by atoms with Crippen molar-refractivity contribution in [1.82, 2.24) is 5.32 Å². The highest BCUT2D eigenvalue weighted by Gasteiger charge is 2.53. The van der Waals surface area contributed by atoms with Crippen LogP contribution in [0.15, 0.2) is 60.8 Å². The zero-order chi connectivity index (χ0) is 65.4. The summed E-state index contributed by atoms with van der Waals surface area (Å²) in [5.74, 6) is -0.288. The molecule has 12 N–H and O–H groups in total. The Morgan fingerprint density at radius 3 is 1.22 bits per heavy atom. The molecule has 3 aliphatic rings. The van der Waals surface area contributed by atoms with Crippen LogP contribution in [0.2, 0.25) is 0 Å². The molecule has 17 atom stereocenters. The van der Waals surface area contributed by atoms with Crippen LogP contribution in [0.5, 0.6) is 0 Å². The molecular formula is C71H127NO18. The molecule has 3 rings (SSSR count). The van der Waals surface area contributed by atoms with E-state index < -0.39 is 124 Å². The van der Waals surface area contributed by atoms with Crippen molar-refractivity contribution in [3.05, 3.63) is 60.8 Å². The maximum Gasteiger partial charge on any atom is 0.220 e. The van der Waals surface area contributed by atoms with Gasteiger partial charge in [-0.25, -0.2) is 0 Å². The average molecular weight is 1280 g/mol. The van der Waals surface area contributed by atoms with Gasteiger partial charge in [-0.1, -0.05) is 242 Å². The normalized spacial score (nSPS) is 28.4. The summed E-state index contributed by atoms with van der Waals surface area (Å²) in [5.41, 5.74) is 0. The fourth-order valence-electron chi connectivity index (χ4n) is 11.7. The molecule has 19 heteroatoms. The zero-order valence-corrected chi connectivity index (χ0v) is 55.4. The van der Waals surface area contributed by atoms with Crippen LogP contribution < -0.4 is 5.32 Å². The number of hydrogen-bond donors (Lipinski definition) is 12. The topological polar surface area (TPSA) is 307 Å². The number of unbranched alkanes of at least 4 members (excludes halogenated alkanes) is 30. The van der Waals surface area contributed by atoms with Gasteiger partial charge in [0.1, 0.15) is 73.2 Å². The minimum absolute atomic E-state index is 0.236. The molecule has 1 amide bonds. The van der Waals surface area contributed by atoms with Gasteiger partial charge in [0.05, 0.1) is 38.6 Å². The van der Waals surface area contributed by atoms with Gasteiger partial charge in [-0.05, 0) is 64.2 Å². The summed E-state index contributed by atoms with van der Waals surface area (Å²) < 4.78 is 34.2. The summed E-state index contributed by atoms with van der Waals surface area (Å²) in [7, 11) is 0. The highest BCUT2D eigenvalue weighted by Crippen LogP contribution is 2.33. The van der Waals surface area contributed by atoms with Crippen LogP contribution in [0.1, 0.15) is 251 Å². The first-order chi connectivity index (χ1) is 43.8. The highest BCUT2D eigenvalue weighted by molar-refractivity contribution is 5.76. The number of carbonyl (C=O) groups excluding carboxylic acids is 1. The van der Waals surface area contributed by atoms with Gasteiger partial charge in [-0.3, -0.25) is 4.79 Å². The zero-order valence-electron chi connectivity index (χ0n) is 55.4. The van der Waals surface area contributed by atoms with Crippen molar-refractivity contribution in [2.45, 2.75) is 356 Å². The molecule has 0 aromatic rings. The Labute approximate surface area is 541 Å². The maximum absolute atomic E-state index is 13.3. The first-order valence-corrected chi connectivity index (χ1v) is 35.5. The third-order valence-corrected chi connectivity index (χ3v) is 17.5. The second-order valence-corrected chi connectivity index (χ2v) is 25.3. The van der Waals surface area contributed by atoms with Crippen LogP contribution in [-0.2, 0) is 33.2 Å². The van der Waals surface area contributed by atoms with Crippen molar-refractivity contribution in [3.63, 3.8) is 0 Å². The summed E-state index contributed by atoms with van der Waals surface area (Å²) in [6, 6.07) is -0.987. The van der Waals surface area contributed by atoms with Gasteiger partial charge in [0.2, 0.25) is 5.91 Å². The minimum atomic E-state index is -1.98. The summed E-state index contributed by atoms with van der Waals surface area (Å²) in [4.78, 5) is 13.3. The summed E-state index contributed by atoms with van der Waals surface area (Å²) in [5, 5.41) is 120. The van der Waals surface area contributed by atoms with Crippen LogP contribution in [0.4, 0.5) is 0 Å².